The molecule has 1 unspecified atom stereocenters. The maximum Gasteiger partial charge on any atom is 0.254 e. The van der Waals surface area contributed by atoms with Crippen molar-refractivity contribution in [3.8, 4) is 5.75 Å². The number of unbranched alkanes of at least 4 members (excludes halogenated alkanes) is 1. The summed E-state index contributed by atoms with van der Waals surface area (Å²) in [5, 5.41) is 0. The summed E-state index contributed by atoms with van der Waals surface area (Å²) in [4.78, 5) is 14.8. The molecule has 2 fully saturated rings. The Morgan fingerprint density at radius 2 is 1.81 bits per heavy atom. The van der Waals surface area contributed by atoms with E-state index >= 15 is 0 Å². The van der Waals surface area contributed by atoms with E-state index in [9.17, 15) is 13.2 Å². The molecule has 1 amide bonds. The second-order valence-electron chi connectivity index (χ2n) is 7.81. The Hall–Kier alpha value is -1.56. The standard InChI is InChI=1S/C21H31NO4S/c1-2-3-14-22(18-13-15-27(24,25)16-18)21(23)17-9-11-20(12-10-17)26-19-7-5-4-6-8-19/h9-12,18-19H,2-8,13-16H2,1H3. The molecular weight excluding hydrogens is 362 g/mol. The van der Waals surface area contributed by atoms with Crippen molar-refractivity contribution in [2.24, 2.45) is 0 Å². The van der Waals surface area contributed by atoms with E-state index in [1.165, 1.54) is 19.3 Å². The Morgan fingerprint density at radius 1 is 1.11 bits per heavy atom. The van der Waals surface area contributed by atoms with Gasteiger partial charge in [-0.1, -0.05) is 19.8 Å². The molecule has 1 atom stereocenters. The highest BCUT2D eigenvalue weighted by atomic mass is 32.2. The zero-order valence-electron chi connectivity index (χ0n) is 16.2. The maximum absolute atomic E-state index is 13.0. The van der Waals surface area contributed by atoms with Gasteiger partial charge in [0.25, 0.3) is 5.91 Å². The van der Waals surface area contributed by atoms with Gasteiger partial charge in [-0.15, -0.1) is 0 Å². The third kappa shape index (κ3) is 5.47. The number of amides is 1. The lowest BCUT2D eigenvalue weighted by Crippen LogP contribution is -2.41. The molecule has 27 heavy (non-hydrogen) atoms. The molecule has 0 N–H and O–H groups in total. The normalized spacial score (nSPS) is 22.5. The number of rotatable bonds is 7. The second-order valence-corrected chi connectivity index (χ2v) is 10.0. The summed E-state index contributed by atoms with van der Waals surface area (Å²) in [6.07, 6.45) is 8.60. The van der Waals surface area contributed by atoms with Crippen molar-refractivity contribution in [1.29, 1.82) is 0 Å². The van der Waals surface area contributed by atoms with Crippen LogP contribution in [0.25, 0.3) is 0 Å². The van der Waals surface area contributed by atoms with E-state index in [2.05, 4.69) is 6.92 Å². The van der Waals surface area contributed by atoms with E-state index in [0.717, 1.165) is 31.4 Å². The van der Waals surface area contributed by atoms with Crippen molar-refractivity contribution in [1.82, 2.24) is 4.90 Å². The molecule has 1 aromatic rings. The van der Waals surface area contributed by atoms with Gasteiger partial charge < -0.3 is 9.64 Å². The minimum absolute atomic E-state index is 0.0743. The molecule has 0 aromatic heterocycles. The smallest absolute Gasteiger partial charge is 0.254 e. The number of benzene rings is 1. The van der Waals surface area contributed by atoms with Gasteiger partial charge in [-0.05, 0) is 62.8 Å². The van der Waals surface area contributed by atoms with Crippen molar-refractivity contribution in [2.45, 2.75) is 70.4 Å². The van der Waals surface area contributed by atoms with Crippen LogP contribution in [0.5, 0.6) is 5.75 Å². The fourth-order valence-electron chi connectivity index (χ4n) is 4.02. The van der Waals surface area contributed by atoms with Crippen LogP contribution >= 0.6 is 0 Å². The van der Waals surface area contributed by atoms with E-state index in [0.29, 0.717) is 18.5 Å². The quantitative estimate of drug-likeness (QED) is 0.706. The van der Waals surface area contributed by atoms with Crippen molar-refractivity contribution in [2.75, 3.05) is 18.1 Å². The summed E-state index contributed by atoms with van der Waals surface area (Å²) < 4.78 is 29.8. The van der Waals surface area contributed by atoms with Crippen molar-refractivity contribution >= 4 is 15.7 Å². The molecule has 1 aromatic carbocycles. The average molecular weight is 394 g/mol. The van der Waals surface area contributed by atoms with E-state index in [4.69, 9.17) is 4.74 Å². The Bertz CT molecular complexity index is 723. The van der Waals surface area contributed by atoms with Crippen LogP contribution in [0.3, 0.4) is 0 Å². The minimum atomic E-state index is -3.02. The largest absolute Gasteiger partial charge is 0.490 e. The van der Waals surface area contributed by atoms with Crippen LogP contribution in [0, 0.1) is 0 Å². The summed E-state index contributed by atoms with van der Waals surface area (Å²) >= 11 is 0. The molecule has 1 aliphatic heterocycles. The monoisotopic (exact) mass is 393 g/mol. The molecule has 0 bridgehead atoms. The first-order valence-corrected chi connectivity index (χ1v) is 12.1. The lowest BCUT2D eigenvalue weighted by atomic mass is 9.98. The number of nitrogens with zero attached hydrogens (tertiary/aromatic N) is 1. The van der Waals surface area contributed by atoms with Crippen molar-refractivity contribution < 1.29 is 17.9 Å². The van der Waals surface area contributed by atoms with Gasteiger partial charge in [0.2, 0.25) is 0 Å². The average Bonchev–Trinajstić information content (AvgIpc) is 3.03. The second kappa shape index (κ2) is 9.09. The highest BCUT2D eigenvalue weighted by Gasteiger charge is 2.34. The molecule has 150 valence electrons. The fraction of sp³-hybridized carbons (Fsp3) is 0.667. The summed E-state index contributed by atoms with van der Waals surface area (Å²) in [5.41, 5.74) is 0.603. The first kappa shape index (κ1) is 20.2. The molecule has 0 radical (unpaired) electrons. The van der Waals surface area contributed by atoms with Crippen LogP contribution < -0.4 is 4.74 Å². The Labute approximate surface area is 163 Å². The van der Waals surface area contributed by atoms with Gasteiger partial charge >= 0.3 is 0 Å². The Kier molecular flexibility index (Phi) is 6.79. The predicted octanol–water partition coefficient (Wildman–Crippen LogP) is 3.83. The van der Waals surface area contributed by atoms with Gasteiger partial charge in [0.1, 0.15) is 5.75 Å². The fourth-order valence-corrected chi connectivity index (χ4v) is 5.75. The SMILES string of the molecule is CCCCN(C(=O)c1ccc(OC2CCCCC2)cc1)C1CCS(=O)(=O)C1. The molecule has 1 saturated carbocycles. The van der Waals surface area contributed by atoms with Gasteiger partial charge in [0.05, 0.1) is 17.6 Å². The summed E-state index contributed by atoms with van der Waals surface area (Å²) in [7, 11) is -3.02. The van der Waals surface area contributed by atoms with Crippen LogP contribution in [0.2, 0.25) is 0 Å². The summed E-state index contributed by atoms with van der Waals surface area (Å²) in [5.74, 6) is 1.00. The van der Waals surface area contributed by atoms with E-state index in [-0.39, 0.29) is 29.6 Å². The molecular formula is C21H31NO4S. The highest BCUT2D eigenvalue weighted by molar-refractivity contribution is 7.91. The van der Waals surface area contributed by atoms with Crippen LogP contribution in [-0.4, -0.2) is 49.4 Å². The zero-order valence-corrected chi connectivity index (χ0v) is 17.0. The van der Waals surface area contributed by atoms with Crippen LogP contribution in [0.1, 0.15) is 68.6 Å². The minimum Gasteiger partial charge on any atom is -0.490 e. The number of hydrogen-bond donors (Lipinski definition) is 0. The van der Waals surface area contributed by atoms with Crippen LogP contribution in [-0.2, 0) is 9.84 Å². The van der Waals surface area contributed by atoms with Gasteiger partial charge in [-0.2, -0.15) is 0 Å². The molecule has 1 saturated heterocycles. The van der Waals surface area contributed by atoms with Gasteiger partial charge in [-0.3, -0.25) is 4.79 Å². The van der Waals surface area contributed by atoms with Crippen molar-refractivity contribution in [3.05, 3.63) is 29.8 Å². The zero-order chi connectivity index (χ0) is 19.3. The van der Waals surface area contributed by atoms with Crippen LogP contribution in [0.4, 0.5) is 0 Å². The van der Waals surface area contributed by atoms with E-state index < -0.39 is 9.84 Å². The van der Waals surface area contributed by atoms with Crippen molar-refractivity contribution in [3.63, 3.8) is 0 Å². The molecule has 3 rings (SSSR count). The number of sulfone groups is 1. The van der Waals surface area contributed by atoms with Gasteiger partial charge in [0.15, 0.2) is 9.84 Å². The first-order chi connectivity index (χ1) is 13.0. The molecule has 1 aliphatic carbocycles. The third-order valence-corrected chi connectivity index (χ3v) is 7.37. The van der Waals surface area contributed by atoms with E-state index in [1.807, 2.05) is 24.3 Å². The summed E-state index contributed by atoms with van der Waals surface area (Å²) in [6, 6.07) is 7.15. The summed E-state index contributed by atoms with van der Waals surface area (Å²) in [6.45, 7) is 2.68. The highest BCUT2D eigenvalue weighted by Crippen LogP contribution is 2.25. The first-order valence-electron chi connectivity index (χ1n) is 10.3. The lowest BCUT2D eigenvalue weighted by molar-refractivity contribution is 0.0694. The topological polar surface area (TPSA) is 63.7 Å². The molecule has 5 nitrogen and oxygen atoms in total. The molecule has 0 spiro atoms. The lowest BCUT2D eigenvalue weighted by Gasteiger charge is -2.28. The third-order valence-electron chi connectivity index (χ3n) is 5.62. The number of carbonyl (C=O) groups excluding carboxylic acids is 1. The van der Waals surface area contributed by atoms with E-state index in [1.54, 1.807) is 4.90 Å². The number of hydrogen-bond acceptors (Lipinski definition) is 4. The van der Waals surface area contributed by atoms with Crippen LogP contribution in [0.15, 0.2) is 24.3 Å². The Balaban J connectivity index is 1.67. The van der Waals surface area contributed by atoms with Gasteiger partial charge in [0, 0.05) is 18.2 Å². The Morgan fingerprint density at radius 3 is 2.41 bits per heavy atom. The molecule has 1 heterocycles. The molecule has 6 heteroatoms. The maximum atomic E-state index is 13.0. The number of ether oxygens (including phenoxy) is 1. The number of carbonyl (C=O) groups is 1. The molecule has 2 aliphatic rings. The predicted molar refractivity (Wildman–Crippen MR) is 107 cm³/mol. The van der Waals surface area contributed by atoms with Gasteiger partial charge in [-0.25, -0.2) is 8.42 Å².